The van der Waals surface area contributed by atoms with Crippen LogP contribution in [0.5, 0.6) is 0 Å². The SMILES string of the molecule is CCCCC[C@H](C)CO[C@H]1OC[C@H]2[C@@H](C1=O)[C@H]1C=C[C@@H]2C1. The summed E-state index contributed by atoms with van der Waals surface area (Å²) in [4.78, 5) is 12.6. The van der Waals surface area contributed by atoms with Gasteiger partial charge in [0.15, 0.2) is 5.78 Å². The summed E-state index contributed by atoms with van der Waals surface area (Å²) in [5, 5.41) is 0. The molecule has 1 saturated heterocycles. The Labute approximate surface area is 128 Å². The summed E-state index contributed by atoms with van der Waals surface area (Å²) in [5.41, 5.74) is 0. The molecule has 21 heavy (non-hydrogen) atoms. The van der Waals surface area contributed by atoms with Gasteiger partial charge < -0.3 is 9.47 Å². The number of ketones is 1. The average Bonchev–Trinajstić information content (AvgIpc) is 3.08. The van der Waals surface area contributed by atoms with Crippen molar-refractivity contribution in [3.05, 3.63) is 12.2 Å². The molecule has 0 aromatic heterocycles. The Morgan fingerprint density at radius 2 is 2.14 bits per heavy atom. The minimum absolute atomic E-state index is 0.161. The van der Waals surface area contributed by atoms with E-state index in [0.717, 1.165) is 6.42 Å². The Hall–Kier alpha value is -0.670. The zero-order chi connectivity index (χ0) is 14.8. The van der Waals surface area contributed by atoms with E-state index in [2.05, 4.69) is 26.0 Å². The van der Waals surface area contributed by atoms with Crippen LogP contribution in [0, 0.1) is 29.6 Å². The Morgan fingerprint density at radius 3 is 2.95 bits per heavy atom. The molecule has 0 unspecified atom stereocenters. The maximum absolute atomic E-state index is 12.6. The molecule has 118 valence electrons. The Kier molecular flexibility index (Phi) is 4.80. The first kappa shape index (κ1) is 15.2. The lowest BCUT2D eigenvalue weighted by atomic mass is 9.79. The number of fused-ring (bicyclic) bond motifs is 5. The summed E-state index contributed by atoms with van der Waals surface area (Å²) < 4.78 is 11.5. The number of carbonyl (C=O) groups is 1. The molecule has 0 amide bonds. The van der Waals surface area contributed by atoms with E-state index in [1.165, 1.54) is 25.7 Å². The number of ether oxygens (including phenoxy) is 2. The lowest BCUT2D eigenvalue weighted by molar-refractivity contribution is -0.198. The lowest BCUT2D eigenvalue weighted by Gasteiger charge is -2.35. The fourth-order valence-electron chi connectivity index (χ4n) is 4.22. The molecular weight excluding hydrogens is 264 g/mol. The molecule has 0 N–H and O–H groups in total. The summed E-state index contributed by atoms with van der Waals surface area (Å²) in [7, 11) is 0. The largest absolute Gasteiger partial charge is 0.346 e. The summed E-state index contributed by atoms with van der Waals surface area (Å²) in [6.45, 7) is 5.75. The standard InChI is InChI=1S/C18H28O3/c1-3-4-5-6-12(2)10-20-18-17(19)16-14-8-7-13(9-14)15(16)11-21-18/h7-8,12-16,18H,3-6,9-11H2,1-2H3/t12-,13+,14-,15+,16-,18-/m0/s1. The fraction of sp³-hybridized carbons (Fsp3) is 0.833. The maximum Gasteiger partial charge on any atom is 0.218 e. The van der Waals surface area contributed by atoms with E-state index >= 15 is 0 Å². The van der Waals surface area contributed by atoms with Crippen LogP contribution in [0.25, 0.3) is 0 Å². The minimum atomic E-state index is -0.604. The number of allylic oxidation sites excluding steroid dienone is 2. The van der Waals surface area contributed by atoms with Gasteiger partial charge in [-0.15, -0.1) is 0 Å². The van der Waals surface area contributed by atoms with Gasteiger partial charge in [-0.25, -0.2) is 0 Å². The lowest BCUT2D eigenvalue weighted by Crippen LogP contribution is -2.46. The molecule has 3 aliphatic rings. The monoisotopic (exact) mass is 292 g/mol. The highest BCUT2D eigenvalue weighted by Gasteiger charge is 2.52. The average molecular weight is 292 g/mol. The van der Waals surface area contributed by atoms with Gasteiger partial charge in [-0.1, -0.05) is 45.3 Å². The van der Waals surface area contributed by atoms with Crippen molar-refractivity contribution in [2.75, 3.05) is 13.2 Å². The van der Waals surface area contributed by atoms with Gasteiger partial charge >= 0.3 is 0 Å². The van der Waals surface area contributed by atoms with Gasteiger partial charge in [0.1, 0.15) is 0 Å². The van der Waals surface area contributed by atoms with Gasteiger partial charge in [0.25, 0.3) is 0 Å². The normalized spacial score (nSPS) is 38.8. The second kappa shape index (κ2) is 6.62. The molecule has 3 rings (SSSR count). The third-order valence-electron chi connectivity index (χ3n) is 5.46. The zero-order valence-corrected chi connectivity index (χ0v) is 13.3. The predicted octanol–water partition coefficient (Wildman–Crippen LogP) is 3.58. The van der Waals surface area contributed by atoms with Crippen LogP contribution in [0.4, 0.5) is 0 Å². The van der Waals surface area contributed by atoms with E-state index in [0.29, 0.717) is 36.9 Å². The van der Waals surface area contributed by atoms with Crippen LogP contribution in [0.1, 0.15) is 46.0 Å². The first-order chi connectivity index (χ1) is 10.2. The van der Waals surface area contributed by atoms with Crippen molar-refractivity contribution in [2.24, 2.45) is 29.6 Å². The number of unbranched alkanes of at least 4 members (excludes halogenated alkanes) is 2. The third kappa shape index (κ3) is 3.09. The van der Waals surface area contributed by atoms with E-state index in [1.807, 2.05) is 0 Å². The van der Waals surface area contributed by atoms with Gasteiger partial charge in [0.2, 0.25) is 6.29 Å². The zero-order valence-electron chi connectivity index (χ0n) is 13.3. The quantitative estimate of drug-likeness (QED) is 0.531. The van der Waals surface area contributed by atoms with Gasteiger partial charge in [0.05, 0.1) is 13.2 Å². The molecule has 1 saturated carbocycles. The first-order valence-electron chi connectivity index (χ1n) is 8.66. The van der Waals surface area contributed by atoms with E-state index < -0.39 is 6.29 Å². The van der Waals surface area contributed by atoms with Crippen LogP contribution in [0.3, 0.4) is 0 Å². The van der Waals surface area contributed by atoms with E-state index in [4.69, 9.17) is 9.47 Å². The van der Waals surface area contributed by atoms with Crippen molar-refractivity contribution in [1.82, 2.24) is 0 Å². The van der Waals surface area contributed by atoms with E-state index in [9.17, 15) is 4.79 Å². The van der Waals surface area contributed by atoms with Crippen molar-refractivity contribution < 1.29 is 14.3 Å². The van der Waals surface area contributed by atoms with Crippen LogP contribution in [0.15, 0.2) is 12.2 Å². The van der Waals surface area contributed by atoms with E-state index in [1.54, 1.807) is 0 Å². The van der Waals surface area contributed by atoms with Crippen molar-refractivity contribution in [1.29, 1.82) is 0 Å². The number of hydrogen-bond donors (Lipinski definition) is 0. The number of carbonyl (C=O) groups excluding carboxylic acids is 1. The molecule has 0 spiro atoms. The predicted molar refractivity (Wildman–Crippen MR) is 81.7 cm³/mol. The summed E-state index contributed by atoms with van der Waals surface area (Å²) in [5.74, 6) is 2.29. The molecular formula is C18H28O3. The Balaban J connectivity index is 1.47. The summed E-state index contributed by atoms with van der Waals surface area (Å²) >= 11 is 0. The molecule has 2 fully saturated rings. The van der Waals surface area contributed by atoms with Gasteiger partial charge in [-0.05, 0) is 36.5 Å². The molecule has 0 aromatic carbocycles. The number of Topliss-reactive ketones (excluding diaryl/α,β-unsaturated/α-hetero) is 1. The van der Waals surface area contributed by atoms with Crippen LogP contribution in [-0.2, 0) is 14.3 Å². The Morgan fingerprint density at radius 1 is 1.33 bits per heavy atom. The summed E-state index contributed by atoms with van der Waals surface area (Å²) in [6, 6.07) is 0. The van der Waals surface area contributed by atoms with Gasteiger partial charge in [-0.2, -0.15) is 0 Å². The molecule has 1 heterocycles. The summed E-state index contributed by atoms with van der Waals surface area (Å²) in [6.07, 6.45) is 10.0. The highest BCUT2D eigenvalue weighted by Crippen LogP contribution is 2.50. The topological polar surface area (TPSA) is 35.5 Å². The maximum atomic E-state index is 12.6. The molecule has 1 aliphatic heterocycles. The minimum Gasteiger partial charge on any atom is -0.346 e. The molecule has 0 radical (unpaired) electrons. The third-order valence-corrected chi connectivity index (χ3v) is 5.46. The van der Waals surface area contributed by atoms with Crippen molar-refractivity contribution in [3.63, 3.8) is 0 Å². The molecule has 3 heteroatoms. The smallest absolute Gasteiger partial charge is 0.218 e. The van der Waals surface area contributed by atoms with Crippen molar-refractivity contribution >= 4 is 5.78 Å². The van der Waals surface area contributed by atoms with Gasteiger partial charge in [0, 0.05) is 5.92 Å². The van der Waals surface area contributed by atoms with Crippen LogP contribution < -0.4 is 0 Å². The van der Waals surface area contributed by atoms with Gasteiger partial charge in [-0.3, -0.25) is 4.79 Å². The van der Waals surface area contributed by atoms with Crippen LogP contribution in [0.2, 0.25) is 0 Å². The van der Waals surface area contributed by atoms with Crippen molar-refractivity contribution in [2.45, 2.75) is 52.2 Å². The van der Waals surface area contributed by atoms with Crippen LogP contribution >= 0.6 is 0 Å². The molecule has 2 bridgehead atoms. The highest BCUT2D eigenvalue weighted by atomic mass is 16.7. The second-order valence-electron chi connectivity index (χ2n) is 7.14. The number of hydrogen-bond acceptors (Lipinski definition) is 3. The van der Waals surface area contributed by atoms with Crippen LogP contribution in [-0.4, -0.2) is 25.3 Å². The Bertz CT molecular complexity index is 403. The second-order valence-corrected chi connectivity index (χ2v) is 7.14. The fourth-order valence-corrected chi connectivity index (χ4v) is 4.22. The number of rotatable bonds is 7. The highest BCUT2D eigenvalue weighted by molar-refractivity contribution is 5.86. The van der Waals surface area contributed by atoms with E-state index in [-0.39, 0.29) is 11.7 Å². The molecule has 2 aliphatic carbocycles. The molecule has 6 atom stereocenters. The molecule has 0 aromatic rings. The molecule has 3 nitrogen and oxygen atoms in total. The first-order valence-corrected chi connectivity index (χ1v) is 8.66. The van der Waals surface area contributed by atoms with Crippen molar-refractivity contribution in [3.8, 4) is 0 Å².